The summed E-state index contributed by atoms with van der Waals surface area (Å²) >= 11 is 1.49. The highest BCUT2D eigenvalue weighted by Crippen LogP contribution is 2.28. The van der Waals surface area contributed by atoms with Crippen molar-refractivity contribution in [3.05, 3.63) is 21.9 Å². The summed E-state index contributed by atoms with van der Waals surface area (Å²) in [5.41, 5.74) is 1.03. The average molecular weight is 295 g/mol. The molecule has 2 rings (SSSR count). The number of hydrogen-bond acceptors (Lipinski definition) is 3. The van der Waals surface area contributed by atoms with Crippen LogP contribution >= 0.6 is 11.3 Å². The molecule has 1 N–H and O–H groups in total. The second-order valence-electron chi connectivity index (χ2n) is 5.66. The lowest BCUT2D eigenvalue weighted by atomic mass is 9.84. The van der Waals surface area contributed by atoms with E-state index in [1.807, 2.05) is 30.2 Å². The Balaban J connectivity index is 2.02. The van der Waals surface area contributed by atoms with Gasteiger partial charge in [-0.1, -0.05) is 6.92 Å². The summed E-state index contributed by atoms with van der Waals surface area (Å²) in [6, 6.07) is 1.96. The summed E-state index contributed by atoms with van der Waals surface area (Å²) in [4.78, 5) is 26.0. The maximum atomic E-state index is 12.5. The Hall–Kier alpha value is -1.36. The number of carbonyl (C=O) groups is 2. The Morgan fingerprint density at radius 3 is 2.90 bits per heavy atom. The summed E-state index contributed by atoms with van der Waals surface area (Å²) < 4.78 is 0. The zero-order valence-electron chi connectivity index (χ0n) is 12.0. The minimum atomic E-state index is -0.755. The van der Waals surface area contributed by atoms with Crippen LogP contribution in [0.1, 0.15) is 41.4 Å². The minimum Gasteiger partial charge on any atom is -0.481 e. The molecule has 0 aromatic carbocycles. The van der Waals surface area contributed by atoms with Crippen molar-refractivity contribution in [3.63, 3.8) is 0 Å². The van der Waals surface area contributed by atoms with Gasteiger partial charge in [0.2, 0.25) is 0 Å². The highest BCUT2D eigenvalue weighted by atomic mass is 32.1. The van der Waals surface area contributed by atoms with Gasteiger partial charge in [0, 0.05) is 19.5 Å². The number of aryl methyl sites for hydroxylation is 1. The fraction of sp³-hybridized carbons (Fsp3) is 0.600. The maximum absolute atomic E-state index is 12.5. The van der Waals surface area contributed by atoms with Crippen LogP contribution in [0.4, 0.5) is 0 Å². The molecule has 1 aromatic heterocycles. The van der Waals surface area contributed by atoms with E-state index in [4.69, 9.17) is 5.11 Å². The molecule has 0 spiro atoms. The van der Waals surface area contributed by atoms with Crippen LogP contribution in [0, 0.1) is 18.8 Å². The number of nitrogens with zero attached hydrogens (tertiary/aromatic N) is 1. The van der Waals surface area contributed by atoms with Crippen LogP contribution in [0.15, 0.2) is 11.4 Å². The highest BCUT2D eigenvalue weighted by molar-refractivity contribution is 7.12. The molecule has 1 amide bonds. The molecule has 110 valence electrons. The summed E-state index contributed by atoms with van der Waals surface area (Å²) in [5, 5.41) is 10.8. The lowest BCUT2D eigenvalue weighted by Crippen LogP contribution is -2.42. The summed E-state index contributed by atoms with van der Waals surface area (Å²) in [5.74, 6) is -0.239. The molecule has 4 nitrogen and oxygen atoms in total. The van der Waals surface area contributed by atoms with Gasteiger partial charge in [-0.2, -0.15) is 0 Å². The van der Waals surface area contributed by atoms with E-state index in [2.05, 4.69) is 0 Å². The van der Waals surface area contributed by atoms with Crippen molar-refractivity contribution < 1.29 is 14.7 Å². The van der Waals surface area contributed by atoms with Crippen LogP contribution in [0.25, 0.3) is 0 Å². The molecule has 0 bridgehead atoms. The van der Waals surface area contributed by atoms with Crippen LogP contribution < -0.4 is 0 Å². The summed E-state index contributed by atoms with van der Waals surface area (Å²) in [6.07, 6.45) is 2.16. The number of thiophene rings is 1. The number of piperidine rings is 1. The van der Waals surface area contributed by atoms with Crippen molar-refractivity contribution in [3.8, 4) is 0 Å². The monoisotopic (exact) mass is 295 g/mol. The van der Waals surface area contributed by atoms with Gasteiger partial charge in [0.05, 0.1) is 4.88 Å². The molecular weight excluding hydrogens is 274 g/mol. The Labute approximate surface area is 123 Å². The van der Waals surface area contributed by atoms with Crippen molar-refractivity contribution in [2.45, 2.75) is 33.1 Å². The first-order valence-electron chi connectivity index (χ1n) is 7.04. The third-order valence-electron chi connectivity index (χ3n) is 4.10. The van der Waals surface area contributed by atoms with E-state index in [0.29, 0.717) is 12.5 Å². The summed E-state index contributed by atoms with van der Waals surface area (Å²) in [7, 11) is 0. The summed E-state index contributed by atoms with van der Waals surface area (Å²) in [6.45, 7) is 5.40. The Bertz CT molecular complexity index is 497. The fourth-order valence-electron chi connectivity index (χ4n) is 2.84. The lowest BCUT2D eigenvalue weighted by molar-refractivity contribution is -0.138. The van der Waals surface area contributed by atoms with Crippen LogP contribution in [0.2, 0.25) is 0 Å². The topological polar surface area (TPSA) is 57.6 Å². The molecule has 1 aliphatic heterocycles. The number of hydrogen-bond donors (Lipinski definition) is 1. The Morgan fingerprint density at radius 2 is 2.30 bits per heavy atom. The number of aliphatic carboxylic acids is 1. The van der Waals surface area contributed by atoms with E-state index in [1.165, 1.54) is 11.3 Å². The highest BCUT2D eigenvalue weighted by Gasteiger charge is 2.29. The Morgan fingerprint density at radius 1 is 1.55 bits per heavy atom. The van der Waals surface area contributed by atoms with Crippen molar-refractivity contribution in [1.29, 1.82) is 0 Å². The first-order valence-corrected chi connectivity index (χ1v) is 7.92. The van der Waals surface area contributed by atoms with Gasteiger partial charge >= 0.3 is 5.97 Å². The largest absolute Gasteiger partial charge is 0.481 e. The van der Waals surface area contributed by atoms with Gasteiger partial charge in [-0.3, -0.25) is 9.59 Å². The predicted octanol–water partition coefficient (Wildman–Crippen LogP) is 3.02. The Kier molecular flexibility index (Phi) is 4.81. The normalized spacial score (nSPS) is 20.7. The molecule has 2 unspecified atom stereocenters. The van der Waals surface area contributed by atoms with Crippen LogP contribution in [0.3, 0.4) is 0 Å². The van der Waals surface area contributed by atoms with E-state index in [1.54, 1.807) is 0 Å². The van der Waals surface area contributed by atoms with Crippen LogP contribution in [-0.2, 0) is 4.79 Å². The van der Waals surface area contributed by atoms with E-state index in [-0.39, 0.29) is 18.2 Å². The first kappa shape index (κ1) is 15.0. The van der Waals surface area contributed by atoms with Crippen LogP contribution in [-0.4, -0.2) is 35.0 Å². The molecule has 1 aliphatic rings. The SMILES string of the molecule is Cc1ccsc1C(=O)N1CCCC(C(C)CC(=O)O)C1. The van der Waals surface area contributed by atoms with E-state index in [9.17, 15) is 9.59 Å². The number of carboxylic acids is 1. The second-order valence-corrected chi connectivity index (χ2v) is 6.58. The van der Waals surface area contributed by atoms with Crippen LogP contribution in [0.5, 0.6) is 0 Å². The number of carboxylic acid groups (broad SMARTS) is 1. The van der Waals surface area contributed by atoms with Gasteiger partial charge in [0.15, 0.2) is 0 Å². The number of carbonyl (C=O) groups excluding carboxylic acids is 1. The molecule has 2 atom stereocenters. The zero-order chi connectivity index (χ0) is 14.7. The predicted molar refractivity (Wildman–Crippen MR) is 79.1 cm³/mol. The third kappa shape index (κ3) is 3.39. The fourth-order valence-corrected chi connectivity index (χ4v) is 3.73. The van der Waals surface area contributed by atoms with Crippen molar-refractivity contribution in [2.75, 3.05) is 13.1 Å². The van der Waals surface area contributed by atoms with E-state index < -0.39 is 5.97 Å². The van der Waals surface area contributed by atoms with Crippen molar-refractivity contribution in [2.24, 2.45) is 11.8 Å². The average Bonchev–Trinajstić information content (AvgIpc) is 2.83. The molecule has 20 heavy (non-hydrogen) atoms. The molecule has 1 aromatic rings. The smallest absolute Gasteiger partial charge is 0.303 e. The third-order valence-corrected chi connectivity index (χ3v) is 5.11. The van der Waals surface area contributed by atoms with Gasteiger partial charge in [0.25, 0.3) is 5.91 Å². The molecule has 0 aliphatic carbocycles. The first-order chi connectivity index (χ1) is 9.49. The van der Waals surface area contributed by atoms with Gasteiger partial charge < -0.3 is 10.0 Å². The van der Waals surface area contributed by atoms with E-state index >= 15 is 0 Å². The number of rotatable bonds is 4. The zero-order valence-corrected chi connectivity index (χ0v) is 12.8. The minimum absolute atomic E-state index is 0.102. The lowest BCUT2D eigenvalue weighted by Gasteiger charge is -2.35. The molecule has 0 saturated carbocycles. The molecule has 0 radical (unpaired) electrons. The quantitative estimate of drug-likeness (QED) is 0.929. The van der Waals surface area contributed by atoms with Gasteiger partial charge in [-0.15, -0.1) is 11.3 Å². The molecule has 1 fully saturated rings. The molecule has 1 saturated heterocycles. The second kappa shape index (κ2) is 6.39. The van der Waals surface area contributed by atoms with Crippen molar-refractivity contribution in [1.82, 2.24) is 4.90 Å². The number of amides is 1. The van der Waals surface area contributed by atoms with Crippen molar-refractivity contribution >= 4 is 23.2 Å². The molecular formula is C15H21NO3S. The standard InChI is InChI=1S/C15H21NO3S/c1-10-5-7-20-14(10)15(19)16-6-3-4-12(9-16)11(2)8-13(17)18/h5,7,11-12H,3-4,6,8-9H2,1-2H3,(H,17,18). The van der Waals surface area contributed by atoms with E-state index in [0.717, 1.165) is 29.8 Å². The van der Waals surface area contributed by atoms with Gasteiger partial charge in [-0.05, 0) is 48.6 Å². The molecule has 2 heterocycles. The number of likely N-dealkylation sites (tertiary alicyclic amines) is 1. The maximum Gasteiger partial charge on any atom is 0.303 e. The van der Waals surface area contributed by atoms with Gasteiger partial charge in [0.1, 0.15) is 0 Å². The van der Waals surface area contributed by atoms with Gasteiger partial charge in [-0.25, -0.2) is 0 Å². The molecule has 5 heteroatoms.